The van der Waals surface area contributed by atoms with E-state index in [4.69, 9.17) is 0 Å². The summed E-state index contributed by atoms with van der Waals surface area (Å²) in [6.45, 7) is 6.55. The van der Waals surface area contributed by atoms with Gasteiger partial charge in [0.05, 0.1) is 0 Å². The molecule has 0 radical (unpaired) electrons. The number of hydrogen-bond acceptors (Lipinski definition) is 2. The van der Waals surface area contributed by atoms with Crippen molar-refractivity contribution in [1.29, 1.82) is 0 Å². The smallest absolute Gasteiger partial charge is 0.126 e. The van der Waals surface area contributed by atoms with Crippen LogP contribution < -0.4 is 5.32 Å². The Balaban J connectivity index is 2.02. The predicted octanol–water partition coefficient (Wildman–Crippen LogP) is 4.81. The molecule has 3 heteroatoms. The first kappa shape index (κ1) is 15.2. The van der Waals surface area contributed by atoms with Gasteiger partial charge < -0.3 is 5.32 Å². The summed E-state index contributed by atoms with van der Waals surface area (Å²) in [5, 5.41) is 5.74. The quantitative estimate of drug-likeness (QED) is 0.805. The molecule has 0 saturated carbocycles. The molecule has 0 amide bonds. The van der Waals surface area contributed by atoms with E-state index >= 15 is 0 Å². The van der Waals surface area contributed by atoms with Crippen molar-refractivity contribution in [3.8, 4) is 0 Å². The second-order valence-corrected chi connectivity index (χ2v) is 6.58. The Morgan fingerprint density at radius 1 is 1.10 bits per heavy atom. The van der Waals surface area contributed by atoms with Crippen LogP contribution >= 0.6 is 11.3 Å². The predicted molar refractivity (Wildman–Crippen MR) is 84.6 cm³/mol. The highest BCUT2D eigenvalue weighted by atomic mass is 32.1. The van der Waals surface area contributed by atoms with E-state index in [1.807, 2.05) is 12.1 Å². The lowest BCUT2D eigenvalue weighted by atomic mass is 9.99. The van der Waals surface area contributed by atoms with Crippen LogP contribution in [0.5, 0.6) is 0 Å². The highest BCUT2D eigenvalue weighted by Crippen LogP contribution is 2.26. The molecule has 20 heavy (non-hydrogen) atoms. The number of thiophene rings is 1. The fourth-order valence-corrected chi connectivity index (χ4v) is 3.39. The average molecular weight is 291 g/mol. The fraction of sp³-hybridized carbons (Fsp3) is 0.412. The van der Waals surface area contributed by atoms with Gasteiger partial charge in [-0.25, -0.2) is 4.39 Å². The molecule has 0 aliphatic heterocycles. The molecular formula is C17H22FNS. The van der Waals surface area contributed by atoms with E-state index in [2.05, 4.69) is 43.6 Å². The van der Waals surface area contributed by atoms with Crippen molar-refractivity contribution in [3.05, 3.63) is 58.0 Å². The van der Waals surface area contributed by atoms with E-state index in [1.54, 1.807) is 17.4 Å². The second kappa shape index (κ2) is 7.00. The Labute approximate surface area is 124 Å². The molecule has 1 N–H and O–H groups in total. The Kier molecular flexibility index (Phi) is 5.32. The maximum Gasteiger partial charge on any atom is 0.126 e. The van der Waals surface area contributed by atoms with Gasteiger partial charge in [-0.1, -0.05) is 38.1 Å². The van der Waals surface area contributed by atoms with E-state index in [0.29, 0.717) is 18.4 Å². The number of rotatable bonds is 6. The van der Waals surface area contributed by atoms with Crippen LogP contribution in [0, 0.1) is 11.7 Å². The minimum Gasteiger partial charge on any atom is -0.306 e. The standard InChI is InChI=1S/C17H22FNS/c1-12(2)17(16-9-6-10-20-16)19-13(3)11-14-7-4-5-8-15(14)18/h4-10,12-13,17,19H,11H2,1-3H3. The number of nitrogens with one attached hydrogen (secondary N) is 1. The van der Waals surface area contributed by atoms with Crippen molar-refractivity contribution in [2.75, 3.05) is 0 Å². The summed E-state index contributed by atoms with van der Waals surface area (Å²) < 4.78 is 13.7. The van der Waals surface area contributed by atoms with Crippen molar-refractivity contribution < 1.29 is 4.39 Å². The molecule has 0 bridgehead atoms. The summed E-state index contributed by atoms with van der Waals surface area (Å²) in [6.07, 6.45) is 0.710. The van der Waals surface area contributed by atoms with Gasteiger partial charge in [-0.2, -0.15) is 0 Å². The first-order valence-corrected chi connectivity index (χ1v) is 7.98. The molecule has 0 fully saturated rings. The van der Waals surface area contributed by atoms with Crippen molar-refractivity contribution in [2.24, 2.45) is 5.92 Å². The number of hydrogen-bond donors (Lipinski definition) is 1. The van der Waals surface area contributed by atoms with Gasteiger partial charge >= 0.3 is 0 Å². The van der Waals surface area contributed by atoms with Crippen LogP contribution in [0.4, 0.5) is 4.39 Å². The lowest BCUT2D eigenvalue weighted by Crippen LogP contribution is -2.34. The minimum absolute atomic E-state index is 0.113. The van der Waals surface area contributed by atoms with Gasteiger partial charge in [-0.05, 0) is 42.3 Å². The molecule has 1 aromatic heterocycles. The Morgan fingerprint density at radius 3 is 2.45 bits per heavy atom. The third-order valence-electron chi connectivity index (χ3n) is 3.46. The lowest BCUT2D eigenvalue weighted by Gasteiger charge is -2.26. The maximum absolute atomic E-state index is 13.7. The third kappa shape index (κ3) is 3.90. The van der Waals surface area contributed by atoms with Crippen LogP contribution in [-0.2, 0) is 6.42 Å². The number of benzene rings is 1. The van der Waals surface area contributed by atoms with Gasteiger partial charge in [0.15, 0.2) is 0 Å². The number of halogens is 1. The molecule has 1 aromatic carbocycles. The van der Waals surface area contributed by atoms with Crippen LogP contribution in [0.15, 0.2) is 41.8 Å². The largest absolute Gasteiger partial charge is 0.306 e. The van der Waals surface area contributed by atoms with E-state index < -0.39 is 0 Å². The van der Waals surface area contributed by atoms with Crippen LogP contribution in [0.2, 0.25) is 0 Å². The van der Waals surface area contributed by atoms with Gasteiger partial charge in [0, 0.05) is 17.0 Å². The summed E-state index contributed by atoms with van der Waals surface area (Å²) in [7, 11) is 0. The second-order valence-electron chi connectivity index (χ2n) is 5.60. The first-order valence-electron chi connectivity index (χ1n) is 7.10. The van der Waals surface area contributed by atoms with E-state index in [0.717, 1.165) is 5.56 Å². The summed E-state index contributed by atoms with van der Waals surface area (Å²) in [6, 6.07) is 11.8. The van der Waals surface area contributed by atoms with Crippen molar-refractivity contribution in [3.63, 3.8) is 0 Å². The molecule has 2 unspecified atom stereocenters. The zero-order valence-electron chi connectivity index (χ0n) is 12.3. The van der Waals surface area contributed by atoms with Crippen LogP contribution in [0.25, 0.3) is 0 Å². The monoisotopic (exact) mass is 291 g/mol. The Hall–Kier alpha value is -1.19. The normalized spacial score (nSPS) is 14.4. The SMILES string of the molecule is CC(Cc1ccccc1F)NC(c1cccs1)C(C)C. The summed E-state index contributed by atoms with van der Waals surface area (Å²) in [5.41, 5.74) is 0.779. The van der Waals surface area contributed by atoms with Crippen molar-refractivity contribution in [2.45, 2.75) is 39.3 Å². The van der Waals surface area contributed by atoms with Gasteiger partial charge in [-0.3, -0.25) is 0 Å². The van der Waals surface area contributed by atoms with Crippen molar-refractivity contribution >= 4 is 11.3 Å². The van der Waals surface area contributed by atoms with Crippen LogP contribution in [0.1, 0.15) is 37.3 Å². The van der Waals surface area contributed by atoms with Crippen LogP contribution in [-0.4, -0.2) is 6.04 Å². The Morgan fingerprint density at radius 2 is 1.85 bits per heavy atom. The van der Waals surface area contributed by atoms with E-state index in [9.17, 15) is 4.39 Å². The topological polar surface area (TPSA) is 12.0 Å². The highest BCUT2D eigenvalue weighted by molar-refractivity contribution is 7.10. The van der Waals surface area contributed by atoms with Crippen LogP contribution in [0.3, 0.4) is 0 Å². The molecular weight excluding hydrogens is 269 g/mol. The highest BCUT2D eigenvalue weighted by Gasteiger charge is 2.19. The van der Waals surface area contributed by atoms with Gasteiger partial charge in [-0.15, -0.1) is 11.3 Å². The molecule has 108 valence electrons. The molecule has 0 saturated heterocycles. The van der Waals surface area contributed by atoms with Gasteiger partial charge in [0.2, 0.25) is 0 Å². The van der Waals surface area contributed by atoms with Crippen molar-refractivity contribution in [1.82, 2.24) is 5.32 Å². The maximum atomic E-state index is 13.7. The molecule has 1 heterocycles. The fourth-order valence-electron chi connectivity index (χ4n) is 2.43. The zero-order chi connectivity index (χ0) is 14.5. The molecule has 0 spiro atoms. The lowest BCUT2D eigenvalue weighted by molar-refractivity contribution is 0.371. The molecule has 2 atom stereocenters. The molecule has 2 rings (SSSR count). The summed E-state index contributed by atoms with van der Waals surface area (Å²) in [5.74, 6) is 0.398. The van der Waals surface area contributed by atoms with E-state index in [-0.39, 0.29) is 11.9 Å². The molecule has 0 aliphatic rings. The average Bonchev–Trinajstić information content (AvgIpc) is 2.92. The Bertz CT molecular complexity index is 522. The molecule has 1 nitrogen and oxygen atoms in total. The molecule has 2 aromatic rings. The van der Waals surface area contributed by atoms with E-state index in [1.165, 1.54) is 10.9 Å². The summed E-state index contributed by atoms with van der Waals surface area (Å²) in [4.78, 5) is 1.35. The minimum atomic E-state index is -0.113. The zero-order valence-corrected chi connectivity index (χ0v) is 13.1. The van der Waals surface area contributed by atoms with Gasteiger partial charge in [0.25, 0.3) is 0 Å². The van der Waals surface area contributed by atoms with Gasteiger partial charge in [0.1, 0.15) is 5.82 Å². The first-order chi connectivity index (χ1) is 9.58. The molecule has 0 aliphatic carbocycles. The third-order valence-corrected chi connectivity index (χ3v) is 4.42. The summed E-state index contributed by atoms with van der Waals surface area (Å²) >= 11 is 1.77.